The average molecular weight is 291 g/mol. The van der Waals surface area contributed by atoms with Crippen LogP contribution in [0, 0.1) is 0 Å². The van der Waals surface area contributed by atoms with Crippen molar-refractivity contribution >= 4 is 17.7 Å². The largest absolute Gasteiger partial charge is 0.481 e. The van der Waals surface area contributed by atoms with Gasteiger partial charge in [-0.05, 0) is 19.1 Å². The minimum Gasteiger partial charge on any atom is -0.481 e. The maximum atomic E-state index is 12.4. The van der Waals surface area contributed by atoms with Crippen molar-refractivity contribution in [3.8, 4) is 0 Å². The number of ketones is 1. The second-order valence-corrected chi connectivity index (χ2v) is 4.98. The Bertz CT molecular complexity index is 552. The number of carboxylic acids is 1. The van der Waals surface area contributed by atoms with Gasteiger partial charge in [-0.3, -0.25) is 14.4 Å². The number of carbonyl (C=O) groups is 3. The van der Waals surface area contributed by atoms with Crippen molar-refractivity contribution in [1.29, 1.82) is 0 Å². The number of hydrogen-bond acceptors (Lipinski definition) is 4. The summed E-state index contributed by atoms with van der Waals surface area (Å²) in [5.41, 5.74) is 1.04. The van der Waals surface area contributed by atoms with E-state index in [1.807, 2.05) is 0 Å². The van der Waals surface area contributed by atoms with Crippen LogP contribution in [0.5, 0.6) is 0 Å². The Hall–Kier alpha value is -2.21. The van der Waals surface area contributed by atoms with Crippen LogP contribution in [0.3, 0.4) is 0 Å². The molecule has 1 aromatic rings. The first-order chi connectivity index (χ1) is 9.97. The molecule has 1 atom stereocenters. The Balaban J connectivity index is 2.04. The lowest BCUT2D eigenvalue weighted by Crippen LogP contribution is -2.46. The molecule has 1 saturated heterocycles. The van der Waals surface area contributed by atoms with Gasteiger partial charge in [0.1, 0.15) is 0 Å². The first-order valence-electron chi connectivity index (χ1n) is 6.71. The Kier molecular flexibility index (Phi) is 4.70. The second-order valence-electron chi connectivity index (χ2n) is 4.98. The zero-order chi connectivity index (χ0) is 15.4. The molecule has 1 unspecified atom stereocenters. The van der Waals surface area contributed by atoms with Crippen molar-refractivity contribution in [2.24, 2.45) is 0 Å². The van der Waals surface area contributed by atoms with Gasteiger partial charge in [0.25, 0.3) is 5.91 Å². The highest BCUT2D eigenvalue weighted by atomic mass is 16.5. The summed E-state index contributed by atoms with van der Waals surface area (Å²) in [4.78, 5) is 35.8. The van der Waals surface area contributed by atoms with Gasteiger partial charge in [0.05, 0.1) is 19.1 Å². The lowest BCUT2D eigenvalue weighted by Gasteiger charge is -2.32. The highest BCUT2D eigenvalue weighted by Gasteiger charge is 2.26. The average Bonchev–Trinajstić information content (AvgIpc) is 2.46. The van der Waals surface area contributed by atoms with Crippen LogP contribution in [-0.4, -0.2) is 53.5 Å². The topological polar surface area (TPSA) is 83.9 Å². The third-order valence-electron chi connectivity index (χ3n) is 3.37. The minimum absolute atomic E-state index is 0.0538. The van der Waals surface area contributed by atoms with Crippen LogP contribution >= 0.6 is 0 Å². The standard InChI is InChI=1S/C15H17NO5/c1-10(17)11-2-4-12(5-3-11)15(20)16-6-7-21-13(9-16)8-14(18)19/h2-5,13H,6-9H2,1H3,(H,18,19). The summed E-state index contributed by atoms with van der Waals surface area (Å²) in [6, 6.07) is 6.46. The maximum absolute atomic E-state index is 12.4. The first kappa shape index (κ1) is 15.2. The third-order valence-corrected chi connectivity index (χ3v) is 3.37. The van der Waals surface area contributed by atoms with E-state index in [0.717, 1.165) is 0 Å². The Morgan fingerprint density at radius 3 is 2.43 bits per heavy atom. The van der Waals surface area contributed by atoms with Gasteiger partial charge in [0.15, 0.2) is 5.78 Å². The fraction of sp³-hybridized carbons (Fsp3) is 0.400. The number of benzene rings is 1. The molecule has 1 fully saturated rings. The molecule has 0 saturated carbocycles. The number of carbonyl (C=O) groups excluding carboxylic acids is 2. The summed E-state index contributed by atoms with van der Waals surface area (Å²) < 4.78 is 5.34. The molecule has 0 bridgehead atoms. The number of rotatable bonds is 4. The lowest BCUT2D eigenvalue weighted by atomic mass is 10.1. The first-order valence-corrected chi connectivity index (χ1v) is 6.71. The van der Waals surface area contributed by atoms with E-state index >= 15 is 0 Å². The van der Waals surface area contributed by atoms with Crippen molar-refractivity contribution in [2.45, 2.75) is 19.4 Å². The van der Waals surface area contributed by atoms with E-state index < -0.39 is 12.1 Å². The van der Waals surface area contributed by atoms with E-state index in [4.69, 9.17) is 9.84 Å². The molecule has 1 aliphatic rings. The van der Waals surface area contributed by atoms with Gasteiger partial charge in [-0.15, -0.1) is 0 Å². The molecule has 1 aromatic carbocycles. The monoisotopic (exact) mass is 291 g/mol. The SMILES string of the molecule is CC(=O)c1ccc(C(=O)N2CCOC(CC(=O)O)C2)cc1. The summed E-state index contributed by atoms with van der Waals surface area (Å²) in [7, 11) is 0. The van der Waals surface area contributed by atoms with E-state index in [1.54, 1.807) is 29.2 Å². The number of hydrogen-bond donors (Lipinski definition) is 1. The molecule has 0 radical (unpaired) electrons. The zero-order valence-corrected chi connectivity index (χ0v) is 11.7. The summed E-state index contributed by atoms with van der Waals surface area (Å²) in [6.45, 7) is 2.49. The highest BCUT2D eigenvalue weighted by molar-refractivity contribution is 5.97. The van der Waals surface area contributed by atoms with Crippen molar-refractivity contribution in [2.75, 3.05) is 19.7 Å². The number of aliphatic carboxylic acids is 1. The maximum Gasteiger partial charge on any atom is 0.306 e. The van der Waals surface area contributed by atoms with Crippen LogP contribution in [-0.2, 0) is 9.53 Å². The van der Waals surface area contributed by atoms with Crippen LogP contribution < -0.4 is 0 Å². The molecule has 1 amide bonds. The molecule has 6 nitrogen and oxygen atoms in total. The molecule has 0 aliphatic carbocycles. The van der Waals surface area contributed by atoms with Gasteiger partial charge in [0, 0.05) is 24.2 Å². The van der Waals surface area contributed by atoms with Crippen molar-refractivity contribution in [1.82, 2.24) is 4.90 Å². The number of carboxylic acid groups (broad SMARTS) is 1. The van der Waals surface area contributed by atoms with Gasteiger partial charge < -0.3 is 14.7 Å². The Morgan fingerprint density at radius 1 is 1.24 bits per heavy atom. The fourth-order valence-corrected chi connectivity index (χ4v) is 2.25. The molecule has 0 aromatic heterocycles. The van der Waals surface area contributed by atoms with Crippen molar-refractivity contribution in [3.05, 3.63) is 35.4 Å². The smallest absolute Gasteiger partial charge is 0.306 e. The summed E-state index contributed by atoms with van der Waals surface area (Å²) in [5, 5.41) is 8.77. The number of nitrogens with zero attached hydrogens (tertiary/aromatic N) is 1. The Morgan fingerprint density at radius 2 is 1.86 bits per heavy atom. The van der Waals surface area contributed by atoms with E-state index in [0.29, 0.717) is 24.3 Å². The van der Waals surface area contributed by atoms with E-state index in [9.17, 15) is 14.4 Å². The number of morpholine rings is 1. The molecule has 0 spiro atoms. The van der Waals surface area contributed by atoms with Gasteiger partial charge >= 0.3 is 5.97 Å². The van der Waals surface area contributed by atoms with Crippen LogP contribution in [0.1, 0.15) is 34.1 Å². The third kappa shape index (κ3) is 3.88. The number of Topliss-reactive ketones (excluding diaryl/α,β-unsaturated/α-hetero) is 1. The van der Waals surface area contributed by atoms with Crippen LogP contribution in [0.15, 0.2) is 24.3 Å². The predicted octanol–water partition coefficient (Wildman–Crippen LogP) is 1.20. The molecule has 1 heterocycles. The molecular formula is C15H17NO5. The summed E-state index contributed by atoms with van der Waals surface area (Å²) in [6.07, 6.45) is -0.593. The lowest BCUT2D eigenvalue weighted by molar-refractivity contribution is -0.141. The van der Waals surface area contributed by atoms with Crippen LogP contribution in [0.25, 0.3) is 0 Å². The van der Waals surface area contributed by atoms with Crippen molar-refractivity contribution in [3.63, 3.8) is 0 Å². The van der Waals surface area contributed by atoms with Gasteiger partial charge in [0.2, 0.25) is 0 Å². The van der Waals surface area contributed by atoms with E-state index in [1.165, 1.54) is 6.92 Å². The molecule has 112 valence electrons. The fourth-order valence-electron chi connectivity index (χ4n) is 2.25. The molecule has 2 rings (SSSR count). The van der Waals surface area contributed by atoms with Crippen molar-refractivity contribution < 1.29 is 24.2 Å². The second kappa shape index (κ2) is 6.49. The molecule has 21 heavy (non-hydrogen) atoms. The Labute approximate surface area is 122 Å². The summed E-state index contributed by atoms with van der Waals surface area (Å²) >= 11 is 0. The number of ether oxygens (including phenoxy) is 1. The van der Waals surface area contributed by atoms with Gasteiger partial charge in [-0.25, -0.2) is 0 Å². The normalized spacial score (nSPS) is 18.3. The summed E-state index contributed by atoms with van der Waals surface area (Å²) in [5.74, 6) is -1.18. The minimum atomic E-state index is -0.944. The quantitative estimate of drug-likeness (QED) is 0.843. The predicted molar refractivity (Wildman–Crippen MR) is 74.3 cm³/mol. The van der Waals surface area contributed by atoms with Gasteiger partial charge in [-0.2, -0.15) is 0 Å². The highest BCUT2D eigenvalue weighted by Crippen LogP contribution is 2.14. The number of amides is 1. The molecule has 1 N–H and O–H groups in total. The van der Waals surface area contributed by atoms with E-state index in [-0.39, 0.29) is 24.7 Å². The molecule has 6 heteroatoms. The zero-order valence-electron chi connectivity index (χ0n) is 11.7. The molecular weight excluding hydrogens is 274 g/mol. The molecule has 1 aliphatic heterocycles. The van der Waals surface area contributed by atoms with Gasteiger partial charge in [-0.1, -0.05) is 12.1 Å². The van der Waals surface area contributed by atoms with Crippen LogP contribution in [0.2, 0.25) is 0 Å². The van der Waals surface area contributed by atoms with Crippen LogP contribution in [0.4, 0.5) is 0 Å². The van der Waals surface area contributed by atoms with E-state index in [2.05, 4.69) is 0 Å².